The van der Waals surface area contributed by atoms with Crippen molar-refractivity contribution in [3.8, 4) is 11.5 Å². The number of alkyl halides is 1. The molecule has 1 aromatic carbocycles. The molecule has 1 saturated heterocycles. The van der Waals surface area contributed by atoms with Gasteiger partial charge < -0.3 is 9.47 Å². The molecule has 20 heavy (non-hydrogen) atoms. The van der Waals surface area contributed by atoms with E-state index in [9.17, 15) is 0 Å². The maximum Gasteiger partial charge on any atom is 0.161 e. The second kappa shape index (κ2) is 7.75. The molecule has 2 rings (SSSR count). The van der Waals surface area contributed by atoms with Crippen LogP contribution in [0.15, 0.2) is 24.3 Å². The molecule has 0 amide bonds. The van der Waals surface area contributed by atoms with Gasteiger partial charge in [-0.25, -0.2) is 0 Å². The van der Waals surface area contributed by atoms with Gasteiger partial charge in [-0.3, -0.25) is 4.90 Å². The van der Waals surface area contributed by atoms with Crippen molar-refractivity contribution >= 4 is 11.6 Å². The Hall–Kier alpha value is -0.930. The summed E-state index contributed by atoms with van der Waals surface area (Å²) in [5.41, 5.74) is 0. The van der Waals surface area contributed by atoms with Crippen LogP contribution in [0.5, 0.6) is 11.5 Å². The lowest BCUT2D eigenvalue weighted by atomic mass is 10.1. The van der Waals surface area contributed by atoms with Gasteiger partial charge in [0.1, 0.15) is 6.61 Å². The molecule has 0 aliphatic carbocycles. The molecule has 3 nitrogen and oxygen atoms in total. The molecule has 0 radical (unpaired) electrons. The van der Waals surface area contributed by atoms with Gasteiger partial charge in [-0.1, -0.05) is 19.1 Å². The number of rotatable bonds is 7. The first kappa shape index (κ1) is 15.5. The van der Waals surface area contributed by atoms with Crippen molar-refractivity contribution in [2.45, 2.75) is 26.3 Å². The molecule has 1 fully saturated rings. The van der Waals surface area contributed by atoms with Gasteiger partial charge in [0.05, 0.1) is 6.61 Å². The van der Waals surface area contributed by atoms with Gasteiger partial charge in [0.25, 0.3) is 0 Å². The molecule has 0 bridgehead atoms. The largest absolute Gasteiger partial charge is 0.490 e. The number of para-hydroxylation sites is 2. The fourth-order valence-corrected chi connectivity index (χ4v) is 3.23. The Kier molecular flexibility index (Phi) is 5.99. The lowest BCUT2D eigenvalue weighted by molar-refractivity contribution is 0.190. The van der Waals surface area contributed by atoms with Gasteiger partial charge in [0.2, 0.25) is 0 Å². The molecule has 2 atom stereocenters. The van der Waals surface area contributed by atoms with Crippen molar-refractivity contribution in [1.82, 2.24) is 4.90 Å². The number of hydrogen-bond donors (Lipinski definition) is 0. The highest BCUT2D eigenvalue weighted by Gasteiger charge is 2.29. The van der Waals surface area contributed by atoms with Crippen LogP contribution >= 0.6 is 11.6 Å². The number of nitrogens with zero attached hydrogens (tertiary/aromatic N) is 1. The first-order valence-electron chi connectivity index (χ1n) is 7.41. The molecule has 0 saturated carbocycles. The third-order valence-corrected chi connectivity index (χ3v) is 4.26. The van der Waals surface area contributed by atoms with Gasteiger partial charge in [0.15, 0.2) is 11.5 Å². The third-order valence-electron chi connectivity index (χ3n) is 3.94. The third kappa shape index (κ3) is 3.80. The second-order valence-electron chi connectivity index (χ2n) is 5.25. The van der Waals surface area contributed by atoms with E-state index in [1.165, 1.54) is 6.42 Å². The SMILES string of the molecule is CCOc1ccccc1OCCN1CCC(C)C1CCl. The maximum atomic E-state index is 6.06. The van der Waals surface area contributed by atoms with Crippen LogP contribution in [0, 0.1) is 5.92 Å². The molecule has 1 aromatic rings. The van der Waals surface area contributed by atoms with Gasteiger partial charge in [-0.2, -0.15) is 0 Å². The molecule has 1 heterocycles. The molecular weight excluding hydrogens is 274 g/mol. The van der Waals surface area contributed by atoms with Crippen LogP contribution < -0.4 is 9.47 Å². The van der Waals surface area contributed by atoms with Crippen LogP contribution in [0.2, 0.25) is 0 Å². The molecule has 2 unspecified atom stereocenters. The van der Waals surface area contributed by atoms with Crippen molar-refractivity contribution in [1.29, 1.82) is 0 Å². The summed E-state index contributed by atoms with van der Waals surface area (Å²) in [6.07, 6.45) is 1.23. The zero-order valence-corrected chi connectivity index (χ0v) is 13.1. The average Bonchev–Trinajstić information content (AvgIpc) is 2.81. The number of halogens is 1. The molecule has 0 spiro atoms. The van der Waals surface area contributed by atoms with E-state index in [0.29, 0.717) is 31.1 Å². The molecule has 0 N–H and O–H groups in total. The van der Waals surface area contributed by atoms with Crippen LogP contribution in [-0.4, -0.2) is 43.1 Å². The minimum Gasteiger partial charge on any atom is -0.490 e. The Labute approximate surface area is 126 Å². The van der Waals surface area contributed by atoms with Crippen molar-refractivity contribution in [2.24, 2.45) is 5.92 Å². The first-order valence-corrected chi connectivity index (χ1v) is 7.94. The number of benzene rings is 1. The summed E-state index contributed by atoms with van der Waals surface area (Å²) >= 11 is 6.06. The zero-order valence-electron chi connectivity index (χ0n) is 12.3. The Morgan fingerprint density at radius 3 is 2.60 bits per heavy atom. The van der Waals surface area contributed by atoms with Gasteiger partial charge in [-0.15, -0.1) is 11.6 Å². The topological polar surface area (TPSA) is 21.7 Å². The summed E-state index contributed by atoms with van der Waals surface area (Å²) in [4.78, 5) is 2.43. The summed E-state index contributed by atoms with van der Waals surface area (Å²) in [5.74, 6) is 3.03. The van der Waals surface area contributed by atoms with E-state index in [1.807, 2.05) is 31.2 Å². The molecule has 1 aliphatic rings. The number of hydrogen-bond acceptors (Lipinski definition) is 3. The predicted octanol–water partition coefficient (Wildman–Crippen LogP) is 3.41. The van der Waals surface area contributed by atoms with Crippen molar-refractivity contribution in [2.75, 3.05) is 32.2 Å². The normalized spacial score (nSPS) is 22.9. The number of likely N-dealkylation sites (tertiary alicyclic amines) is 1. The van der Waals surface area contributed by atoms with Crippen LogP contribution in [0.3, 0.4) is 0 Å². The Morgan fingerprint density at radius 2 is 1.95 bits per heavy atom. The summed E-state index contributed by atoms with van der Waals surface area (Å²) in [6.45, 7) is 7.62. The summed E-state index contributed by atoms with van der Waals surface area (Å²) < 4.78 is 11.4. The lowest BCUT2D eigenvalue weighted by Gasteiger charge is -2.24. The fraction of sp³-hybridized carbons (Fsp3) is 0.625. The van der Waals surface area contributed by atoms with Crippen LogP contribution in [-0.2, 0) is 0 Å². The van der Waals surface area contributed by atoms with Gasteiger partial charge in [0, 0.05) is 18.5 Å². The Balaban J connectivity index is 1.84. The Morgan fingerprint density at radius 1 is 1.25 bits per heavy atom. The maximum absolute atomic E-state index is 6.06. The number of ether oxygens (including phenoxy) is 2. The second-order valence-corrected chi connectivity index (χ2v) is 5.56. The Bertz CT molecular complexity index is 413. The summed E-state index contributed by atoms with van der Waals surface area (Å²) in [6, 6.07) is 8.32. The highest BCUT2D eigenvalue weighted by molar-refractivity contribution is 6.18. The van der Waals surface area contributed by atoms with Gasteiger partial charge >= 0.3 is 0 Å². The van der Waals surface area contributed by atoms with E-state index >= 15 is 0 Å². The minimum atomic E-state index is 0.488. The van der Waals surface area contributed by atoms with E-state index in [0.717, 1.165) is 24.6 Å². The van der Waals surface area contributed by atoms with E-state index in [1.54, 1.807) is 0 Å². The predicted molar refractivity (Wildman–Crippen MR) is 83.0 cm³/mol. The van der Waals surface area contributed by atoms with Crippen molar-refractivity contribution in [3.63, 3.8) is 0 Å². The summed E-state index contributed by atoms with van der Waals surface area (Å²) in [5, 5.41) is 0. The quantitative estimate of drug-likeness (QED) is 0.720. The molecule has 0 aromatic heterocycles. The zero-order chi connectivity index (χ0) is 14.4. The monoisotopic (exact) mass is 297 g/mol. The molecular formula is C16H24ClNO2. The van der Waals surface area contributed by atoms with E-state index in [4.69, 9.17) is 21.1 Å². The molecule has 112 valence electrons. The van der Waals surface area contributed by atoms with E-state index < -0.39 is 0 Å². The summed E-state index contributed by atoms with van der Waals surface area (Å²) in [7, 11) is 0. The van der Waals surface area contributed by atoms with Crippen molar-refractivity contribution in [3.05, 3.63) is 24.3 Å². The van der Waals surface area contributed by atoms with Gasteiger partial charge in [-0.05, 0) is 37.9 Å². The van der Waals surface area contributed by atoms with Crippen LogP contribution in [0.25, 0.3) is 0 Å². The lowest BCUT2D eigenvalue weighted by Crippen LogP contribution is -2.36. The smallest absolute Gasteiger partial charge is 0.161 e. The minimum absolute atomic E-state index is 0.488. The fourth-order valence-electron chi connectivity index (χ4n) is 2.73. The van der Waals surface area contributed by atoms with E-state index in [2.05, 4.69) is 11.8 Å². The first-order chi connectivity index (χ1) is 9.76. The standard InChI is InChI=1S/C16H24ClNO2/c1-3-19-15-6-4-5-7-16(15)20-11-10-18-9-8-13(2)14(18)12-17/h4-7,13-14H,3,8-12H2,1-2H3. The molecule has 1 aliphatic heterocycles. The highest BCUT2D eigenvalue weighted by atomic mass is 35.5. The molecule has 4 heteroatoms. The van der Waals surface area contributed by atoms with Crippen LogP contribution in [0.4, 0.5) is 0 Å². The van der Waals surface area contributed by atoms with Crippen molar-refractivity contribution < 1.29 is 9.47 Å². The average molecular weight is 298 g/mol. The van der Waals surface area contributed by atoms with E-state index in [-0.39, 0.29) is 0 Å². The van der Waals surface area contributed by atoms with Crippen LogP contribution in [0.1, 0.15) is 20.3 Å². The highest BCUT2D eigenvalue weighted by Crippen LogP contribution is 2.27.